The SMILES string of the molecule is O=C(c1ccccc1)N1N=C(c2ccccc2O)C[C@H]1c1ccccc1. The lowest BCUT2D eigenvalue weighted by molar-refractivity contribution is 0.0711. The van der Waals surface area contributed by atoms with Crippen LogP contribution >= 0.6 is 0 Å². The fourth-order valence-electron chi connectivity index (χ4n) is 3.23. The van der Waals surface area contributed by atoms with E-state index in [0.717, 1.165) is 5.56 Å². The summed E-state index contributed by atoms with van der Waals surface area (Å²) >= 11 is 0. The molecule has 0 unspecified atom stereocenters. The van der Waals surface area contributed by atoms with Gasteiger partial charge in [-0.2, -0.15) is 5.10 Å². The maximum absolute atomic E-state index is 13.0. The third-order valence-corrected chi connectivity index (χ3v) is 4.54. The summed E-state index contributed by atoms with van der Waals surface area (Å²) in [5, 5.41) is 16.3. The number of hydrogen-bond acceptors (Lipinski definition) is 3. The fraction of sp³-hybridized carbons (Fsp3) is 0.0909. The molecule has 128 valence electrons. The first-order valence-electron chi connectivity index (χ1n) is 8.53. The summed E-state index contributed by atoms with van der Waals surface area (Å²) in [4.78, 5) is 13.0. The number of rotatable bonds is 3. The number of benzene rings is 3. The molecular weight excluding hydrogens is 324 g/mol. The smallest absolute Gasteiger partial charge is 0.274 e. The highest BCUT2D eigenvalue weighted by Crippen LogP contribution is 2.35. The molecule has 4 nitrogen and oxygen atoms in total. The first-order valence-corrected chi connectivity index (χ1v) is 8.53. The van der Waals surface area contributed by atoms with Crippen LogP contribution < -0.4 is 0 Å². The highest BCUT2D eigenvalue weighted by atomic mass is 16.3. The van der Waals surface area contributed by atoms with Crippen molar-refractivity contribution in [1.29, 1.82) is 0 Å². The standard InChI is InChI=1S/C22H18N2O2/c25-21-14-8-7-13-18(21)19-15-20(16-9-3-1-4-10-16)24(23-19)22(26)17-11-5-2-6-12-17/h1-14,20,25H,15H2/t20-/m0/s1. The van der Waals surface area contributed by atoms with Crippen LogP contribution in [-0.2, 0) is 0 Å². The third-order valence-electron chi connectivity index (χ3n) is 4.54. The van der Waals surface area contributed by atoms with E-state index in [1.54, 1.807) is 24.3 Å². The number of carbonyl (C=O) groups excluding carboxylic acids is 1. The van der Waals surface area contributed by atoms with Gasteiger partial charge in [-0.25, -0.2) is 5.01 Å². The summed E-state index contributed by atoms with van der Waals surface area (Å²) in [5.74, 6) is 0.0249. The van der Waals surface area contributed by atoms with Gasteiger partial charge in [-0.3, -0.25) is 4.79 Å². The van der Waals surface area contributed by atoms with Crippen LogP contribution in [0.25, 0.3) is 0 Å². The largest absolute Gasteiger partial charge is 0.507 e. The number of amides is 1. The number of nitrogens with zero attached hydrogens (tertiary/aromatic N) is 2. The number of para-hydroxylation sites is 1. The topological polar surface area (TPSA) is 52.9 Å². The van der Waals surface area contributed by atoms with Crippen LogP contribution in [0.3, 0.4) is 0 Å². The van der Waals surface area contributed by atoms with Gasteiger partial charge in [-0.15, -0.1) is 0 Å². The Morgan fingerprint density at radius 3 is 2.19 bits per heavy atom. The minimum Gasteiger partial charge on any atom is -0.507 e. The van der Waals surface area contributed by atoms with E-state index in [1.807, 2.05) is 60.7 Å². The maximum Gasteiger partial charge on any atom is 0.274 e. The second kappa shape index (κ2) is 6.84. The molecule has 0 radical (unpaired) electrons. The van der Waals surface area contributed by atoms with Gasteiger partial charge in [0.1, 0.15) is 5.75 Å². The Bertz CT molecular complexity index is 952. The van der Waals surface area contributed by atoms with E-state index in [-0.39, 0.29) is 17.7 Å². The van der Waals surface area contributed by atoms with Crippen LogP contribution in [-0.4, -0.2) is 21.7 Å². The number of hydrazone groups is 1. The minimum absolute atomic E-state index is 0.148. The van der Waals surface area contributed by atoms with Crippen LogP contribution in [0, 0.1) is 0 Å². The monoisotopic (exact) mass is 342 g/mol. The Kier molecular flexibility index (Phi) is 4.23. The van der Waals surface area contributed by atoms with Gasteiger partial charge in [0.2, 0.25) is 0 Å². The van der Waals surface area contributed by atoms with E-state index in [4.69, 9.17) is 0 Å². The minimum atomic E-state index is -0.196. The van der Waals surface area contributed by atoms with E-state index in [9.17, 15) is 9.90 Å². The van der Waals surface area contributed by atoms with Gasteiger partial charge < -0.3 is 5.11 Å². The van der Waals surface area contributed by atoms with Gasteiger partial charge >= 0.3 is 0 Å². The molecule has 0 aromatic heterocycles. The second-order valence-corrected chi connectivity index (χ2v) is 6.21. The van der Waals surface area contributed by atoms with E-state index in [1.165, 1.54) is 5.01 Å². The Hall–Kier alpha value is -3.40. The van der Waals surface area contributed by atoms with Crippen LogP contribution in [0.5, 0.6) is 5.75 Å². The lowest BCUT2D eigenvalue weighted by Crippen LogP contribution is -2.27. The first kappa shape index (κ1) is 16.1. The summed E-state index contributed by atoms with van der Waals surface area (Å²) in [7, 11) is 0. The van der Waals surface area contributed by atoms with E-state index in [2.05, 4.69) is 5.10 Å². The van der Waals surface area contributed by atoms with Crippen molar-refractivity contribution in [2.24, 2.45) is 5.10 Å². The molecule has 0 bridgehead atoms. The number of phenols is 1. The zero-order chi connectivity index (χ0) is 17.9. The van der Waals surface area contributed by atoms with Gasteiger partial charge in [0, 0.05) is 17.5 Å². The maximum atomic E-state index is 13.0. The molecule has 0 saturated heterocycles. The molecular formula is C22H18N2O2. The number of hydrogen-bond donors (Lipinski definition) is 1. The molecule has 1 heterocycles. The number of aromatic hydroxyl groups is 1. The highest BCUT2D eigenvalue weighted by molar-refractivity contribution is 6.06. The predicted octanol–water partition coefficient (Wildman–Crippen LogP) is 4.38. The summed E-state index contributed by atoms with van der Waals surface area (Å²) in [6, 6.07) is 25.9. The average molecular weight is 342 g/mol. The van der Waals surface area contributed by atoms with Crippen LogP contribution in [0.4, 0.5) is 0 Å². The zero-order valence-corrected chi connectivity index (χ0v) is 14.1. The Balaban J connectivity index is 1.75. The van der Waals surface area contributed by atoms with E-state index >= 15 is 0 Å². The molecule has 0 fully saturated rings. The normalized spacial score (nSPS) is 16.4. The van der Waals surface area contributed by atoms with Crippen LogP contribution in [0.2, 0.25) is 0 Å². The second-order valence-electron chi connectivity index (χ2n) is 6.21. The van der Waals surface area contributed by atoms with Crippen molar-refractivity contribution in [1.82, 2.24) is 5.01 Å². The van der Waals surface area contributed by atoms with E-state index in [0.29, 0.717) is 23.3 Å². The number of phenolic OH excluding ortho intramolecular Hbond substituents is 1. The summed E-state index contributed by atoms with van der Waals surface area (Å²) in [6.45, 7) is 0. The number of carbonyl (C=O) groups is 1. The van der Waals surface area contributed by atoms with Crippen molar-refractivity contribution >= 4 is 11.6 Å². The molecule has 3 aromatic carbocycles. The zero-order valence-electron chi connectivity index (χ0n) is 14.1. The van der Waals surface area contributed by atoms with Gasteiger partial charge in [0.05, 0.1) is 11.8 Å². The summed E-state index contributed by atoms with van der Waals surface area (Å²) < 4.78 is 0. The van der Waals surface area contributed by atoms with Gasteiger partial charge in [0.15, 0.2) is 0 Å². The molecule has 4 heteroatoms. The van der Waals surface area contributed by atoms with Crippen molar-refractivity contribution < 1.29 is 9.90 Å². The van der Waals surface area contributed by atoms with Crippen LogP contribution in [0.1, 0.15) is 33.9 Å². The molecule has 0 saturated carbocycles. The lowest BCUT2D eigenvalue weighted by atomic mass is 9.98. The molecule has 0 spiro atoms. The van der Waals surface area contributed by atoms with Gasteiger partial charge in [-0.1, -0.05) is 60.7 Å². The Morgan fingerprint density at radius 1 is 0.885 bits per heavy atom. The molecule has 1 aliphatic heterocycles. The molecule has 1 atom stereocenters. The summed E-state index contributed by atoms with van der Waals surface area (Å²) in [5.41, 5.74) is 2.99. The van der Waals surface area contributed by atoms with Crippen molar-refractivity contribution in [2.45, 2.75) is 12.5 Å². The lowest BCUT2D eigenvalue weighted by Gasteiger charge is -2.22. The van der Waals surface area contributed by atoms with Gasteiger partial charge in [0.25, 0.3) is 5.91 Å². The Morgan fingerprint density at radius 2 is 1.50 bits per heavy atom. The van der Waals surface area contributed by atoms with Crippen molar-refractivity contribution in [3.05, 3.63) is 102 Å². The van der Waals surface area contributed by atoms with E-state index < -0.39 is 0 Å². The Labute approximate surface area is 152 Å². The molecule has 1 N–H and O–H groups in total. The van der Waals surface area contributed by atoms with Crippen molar-refractivity contribution in [3.63, 3.8) is 0 Å². The third kappa shape index (κ3) is 2.97. The summed E-state index contributed by atoms with van der Waals surface area (Å²) in [6.07, 6.45) is 0.556. The first-order chi connectivity index (χ1) is 12.7. The molecule has 3 aromatic rings. The quantitative estimate of drug-likeness (QED) is 0.768. The molecule has 4 rings (SSSR count). The van der Waals surface area contributed by atoms with Crippen molar-refractivity contribution in [2.75, 3.05) is 0 Å². The molecule has 1 aliphatic rings. The van der Waals surface area contributed by atoms with Crippen molar-refractivity contribution in [3.8, 4) is 5.75 Å². The van der Waals surface area contributed by atoms with Gasteiger partial charge in [-0.05, 0) is 29.8 Å². The average Bonchev–Trinajstić information content (AvgIpc) is 3.14. The predicted molar refractivity (Wildman–Crippen MR) is 101 cm³/mol. The molecule has 0 aliphatic carbocycles. The molecule has 26 heavy (non-hydrogen) atoms. The highest BCUT2D eigenvalue weighted by Gasteiger charge is 2.34. The fourth-order valence-corrected chi connectivity index (χ4v) is 3.23. The van der Waals surface area contributed by atoms with Crippen LogP contribution in [0.15, 0.2) is 90.0 Å². The molecule has 1 amide bonds.